The van der Waals surface area contributed by atoms with E-state index in [4.69, 9.17) is 9.47 Å². The van der Waals surface area contributed by atoms with E-state index in [-0.39, 0.29) is 12.7 Å². The van der Waals surface area contributed by atoms with Crippen LogP contribution in [0.25, 0.3) is 0 Å². The van der Waals surface area contributed by atoms with Crippen molar-refractivity contribution in [1.29, 1.82) is 0 Å². The summed E-state index contributed by atoms with van der Waals surface area (Å²) in [5.41, 5.74) is 1.98. The molecule has 1 aromatic carbocycles. The van der Waals surface area contributed by atoms with Gasteiger partial charge in [-0.1, -0.05) is 13.0 Å². The van der Waals surface area contributed by atoms with Gasteiger partial charge in [0.2, 0.25) is 12.7 Å². The van der Waals surface area contributed by atoms with Crippen LogP contribution < -0.4 is 20.1 Å². The van der Waals surface area contributed by atoms with E-state index in [1.807, 2.05) is 31.2 Å². The largest absolute Gasteiger partial charge is 0.454 e. The molecule has 0 fully saturated rings. The Bertz CT molecular complexity index is 686. The average molecular weight is 313 g/mol. The van der Waals surface area contributed by atoms with E-state index in [1.165, 1.54) is 0 Å². The van der Waals surface area contributed by atoms with Gasteiger partial charge in [-0.3, -0.25) is 4.79 Å². The number of carbonyl (C=O) groups excluding carboxylic acids is 1. The summed E-state index contributed by atoms with van der Waals surface area (Å²) >= 11 is 0. The van der Waals surface area contributed by atoms with Gasteiger partial charge in [-0.25, -0.2) is 4.98 Å². The first-order valence-electron chi connectivity index (χ1n) is 7.63. The zero-order valence-corrected chi connectivity index (χ0v) is 13.0. The Morgan fingerprint density at radius 2 is 2.09 bits per heavy atom. The minimum absolute atomic E-state index is 0.0129. The number of fused-ring (bicyclic) bond motifs is 1. The van der Waals surface area contributed by atoms with Gasteiger partial charge in [0, 0.05) is 13.0 Å². The summed E-state index contributed by atoms with van der Waals surface area (Å²) in [6.07, 6.45) is 3.03. The predicted molar refractivity (Wildman–Crippen MR) is 87.7 cm³/mol. The molecule has 0 saturated carbocycles. The number of anilines is 2. The number of hydrogen-bond acceptors (Lipinski definition) is 5. The Morgan fingerprint density at radius 3 is 2.87 bits per heavy atom. The van der Waals surface area contributed by atoms with Gasteiger partial charge < -0.3 is 20.1 Å². The number of rotatable bonds is 6. The third kappa shape index (κ3) is 3.91. The molecule has 1 amide bonds. The van der Waals surface area contributed by atoms with Crippen molar-refractivity contribution in [2.24, 2.45) is 0 Å². The average Bonchev–Trinajstić information content (AvgIpc) is 3.02. The van der Waals surface area contributed by atoms with Crippen LogP contribution in [0.1, 0.15) is 25.3 Å². The van der Waals surface area contributed by atoms with Gasteiger partial charge in [0.25, 0.3) is 0 Å². The molecule has 1 aromatic heterocycles. The summed E-state index contributed by atoms with van der Waals surface area (Å²) in [5, 5.41) is 6.05. The molecule has 6 heteroatoms. The highest BCUT2D eigenvalue weighted by atomic mass is 16.7. The first-order valence-corrected chi connectivity index (χ1v) is 7.63. The molecule has 0 aliphatic carbocycles. The Kier molecular flexibility index (Phi) is 4.61. The first-order chi connectivity index (χ1) is 11.2. The van der Waals surface area contributed by atoms with Crippen molar-refractivity contribution in [1.82, 2.24) is 4.98 Å². The third-order valence-corrected chi connectivity index (χ3v) is 3.44. The van der Waals surface area contributed by atoms with Gasteiger partial charge in [0.1, 0.15) is 5.82 Å². The molecular weight excluding hydrogens is 294 g/mol. The molecule has 2 aromatic rings. The molecule has 3 rings (SSSR count). The normalized spacial score (nSPS) is 12.0. The number of hydrogen-bond donors (Lipinski definition) is 2. The molecule has 1 aliphatic rings. The van der Waals surface area contributed by atoms with Crippen molar-refractivity contribution in [2.75, 3.05) is 17.4 Å². The zero-order chi connectivity index (χ0) is 16.1. The van der Waals surface area contributed by atoms with Gasteiger partial charge in [0.15, 0.2) is 11.5 Å². The Hall–Kier alpha value is -2.76. The fraction of sp³-hybridized carbons (Fsp3) is 0.294. The lowest BCUT2D eigenvalue weighted by molar-refractivity contribution is -0.116. The van der Waals surface area contributed by atoms with Crippen LogP contribution in [-0.2, 0) is 11.3 Å². The smallest absolute Gasteiger partial charge is 0.231 e. The van der Waals surface area contributed by atoms with Crippen molar-refractivity contribution in [2.45, 2.75) is 26.3 Å². The fourth-order valence-electron chi connectivity index (χ4n) is 2.26. The van der Waals surface area contributed by atoms with Gasteiger partial charge in [-0.15, -0.1) is 0 Å². The standard InChI is InChI=1S/C17H19N3O3/c1-2-3-17(21)20-16-7-5-13(10-19-16)18-9-12-4-6-14-15(8-12)23-11-22-14/h4-8,10,18H,2-3,9,11H2,1H3,(H,19,20,21). The predicted octanol–water partition coefficient (Wildman–Crippen LogP) is 3.16. The minimum atomic E-state index is -0.0129. The summed E-state index contributed by atoms with van der Waals surface area (Å²) in [6.45, 7) is 2.90. The molecule has 23 heavy (non-hydrogen) atoms. The number of nitrogens with zero attached hydrogens (tertiary/aromatic N) is 1. The van der Waals surface area contributed by atoms with Crippen LogP contribution in [0, 0.1) is 0 Å². The molecule has 6 nitrogen and oxygen atoms in total. The molecule has 120 valence electrons. The summed E-state index contributed by atoms with van der Waals surface area (Å²) < 4.78 is 10.7. The van der Waals surface area contributed by atoms with Gasteiger partial charge >= 0.3 is 0 Å². The summed E-state index contributed by atoms with van der Waals surface area (Å²) in [5.74, 6) is 2.11. The molecule has 0 atom stereocenters. The lowest BCUT2D eigenvalue weighted by Gasteiger charge is -2.08. The quantitative estimate of drug-likeness (QED) is 0.857. The van der Waals surface area contributed by atoms with Crippen LogP contribution in [0.3, 0.4) is 0 Å². The number of benzene rings is 1. The van der Waals surface area contributed by atoms with Crippen LogP contribution >= 0.6 is 0 Å². The van der Waals surface area contributed by atoms with Crippen molar-refractivity contribution >= 4 is 17.4 Å². The van der Waals surface area contributed by atoms with E-state index >= 15 is 0 Å². The molecule has 0 radical (unpaired) electrons. The van der Waals surface area contributed by atoms with E-state index in [2.05, 4.69) is 15.6 Å². The van der Waals surface area contributed by atoms with Gasteiger partial charge in [-0.05, 0) is 36.2 Å². The highest BCUT2D eigenvalue weighted by molar-refractivity contribution is 5.89. The Labute approximate surface area is 134 Å². The number of carbonyl (C=O) groups is 1. The maximum Gasteiger partial charge on any atom is 0.231 e. The lowest BCUT2D eigenvalue weighted by Crippen LogP contribution is -2.11. The van der Waals surface area contributed by atoms with Crippen molar-refractivity contribution < 1.29 is 14.3 Å². The first kappa shape index (κ1) is 15.1. The summed E-state index contributed by atoms with van der Waals surface area (Å²) in [6, 6.07) is 9.54. The highest BCUT2D eigenvalue weighted by Crippen LogP contribution is 2.32. The second kappa shape index (κ2) is 7.00. The number of amides is 1. The van der Waals surface area contributed by atoms with Crippen LogP contribution in [0.4, 0.5) is 11.5 Å². The second-order valence-corrected chi connectivity index (χ2v) is 5.27. The summed E-state index contributed by atoms with van der Waals surface area (Å²) in [7, 11) is 0. The maximum absolute atomic E-state index is 11.5. The highest BCUT2D eigenvalue weighted by Gasteiger charge is 2.12. The molecule has 2 N–H and O–H groups in total. The summed E-state index contributed by atoms with van der Waals surface area (Å²) in [4.78, 5) is 15.7. The van der Waals surface area contributed by atoms with Crippen LogP contribution in [-0.4, -0.2) is 17.7 Å². The molecule has 0 bridgehead atoms. The molecule has 0 spiro atoms. The second-order valence-electron chi connectivity index (χ2n) is 5.27. The number of ether oxygens (including phenoxy) is 2. The van der Waals surface area contributed by atoms with Crippen molar-refractivity contribution in [3.05, 3.63) is 42.1 Å². The zero-order valence-electron chi connectivity index (χ0n) is 13.0. The van der Waals surface area contributed by atoms with E-state index < -0.39 is 0 Å². The fourth-order valence-corrected chi connectivity index (χ4v) is 2.26. The maximum atomic E-state index is 11.5. The van der Waals surface area contributed by atoms with Crippen molar-refractivity contribution in [3.8, 4) is 11.5 Å². The lowest BCUT2D eigenvalue weighted by atomic mass is 10.2. The van der Waals surface area contributed by atoms with E-state index in [9.17, 15) is 4.79 Å². The molecule has 1 aliphatic heterocycles. The van der Waals surface area contributed by atoms with Crippen LogP contribution in [0.2, 0.25) is 0 Å². The van der Waals surface area contributed by atoms with Gasteiger partial charge in [-0.2, -0.15) is 0 Å². The Morgan fingerprint density at radius 1 is 1.22 bits per heavy atom. The molecule has 0 unspecified atom stereocenters. The SMILES string of the molecule is CCCC(=O)Nc1ccc(NCc2ccc3c(c2)OCO3)cn1. The van der Waals surface area contributed by atoms with E-state index in [0.717, 1.165) is 29.2 Å². The molecular formula is C17H19N3O3. The Balaban J connectivity index is 1.55. The van der Waals surface area contributed by atoms with Crippen LogP contribution in [0.5, 0.6) is 11.5 Å². The van der Waals surface area contributed by atoms with Crippen molar-refractivity contribution in [3.63, 3.8) is 0 Å². The number of pyridine rings is 1. The molecule has 0 saturated heterocycles. The van der Waals surface area contributed by atoms with Gasteiger partial charge in [0.05, 0.1) is 11.9 Å². The van der Waals surface area contributed by atoms with Crippen LogP contribution in [0.15, 0.2) is 36.5 Å². The topological polar surface area (TPSA) is 72.5 Å². The monoisotopic (exact) mass is 313 g/mol. The van der Waals surface area contributed by atoms with E-state index in [1.54, 1.807) is 12.3 Å². The number of nitrogens with one attached hydrogen (secondary N) is 2. The third-order valence-electron chi connectivity index (χ3n) is 3.44. The minimum Gasteiger partial charge on any atom is -0.454 e. The number of aromatic nitrogens is 1. The molecule has 2 heterocycles. The van der Waals surface area contributed by atoms with E-state index in [0.29, 0.717) is 18.8 Å².